The summed E-state index contributed by atoms with van der Waals surface area (Å²) in [6.07, 6.45) is 0. The largest absolute Gasteiger partial charge is 0.497 e. The van der Waals surface area contributed by atoms with Crippen LogP contribution in [0.2, 0.25) is 0 Å². The molecule has 0 aliphatic heterocycles. The van der Waals surface area contributed by atoms with Gasteiger partial charge in [0.2, 0.25) is 9.73 Å². The van der Waals surface area contributed by atoms with Gasteiger partial charge in [-0.05, 0) is 17.7 Å². The lowest BCUT2D eigenvalue weighted by molar-refractivity contribution is -0.0829. The topological polar surface area (TPSA) is 38.7 Å². The molecule has 0 amide bonds. The summed E-state index contributed by atoms with van der Waals surface area (Å²) in [7, 11) is -4.99. The van der Waals surface area contributed by atoms with Crippen molar-refractivity contribution >= 4 is 9.73 Å². The predicted molar refractivity (Wildman–Crippen MR) is 59.4 cm³/mol. The molecule has 3 nitrogen and oxygen atoms in total. The second kappa shape index (κ2) is 5.51. The third kappa shape index (κ3) is 3.35. The summed E-state index contributed by atoms with van der Waals surface area (Å²) < 4.78 is 92.1. The first-order chi connectivity index (χ1) is 9.01. The van der Waals surface area contributed by atoms with E-state index in [0.29, 0.717) is 5.75 Å². The third-order valence-electron chi connectivity index (χ3n) is 2.22. The summed E-state index contributed by atoms with van der Waals surface area (Å²) >= 11 is 0. The lowest BCUT2D eigenvalue weighted by Crippen LogP contribution is -2.36. The summed E-state index contributed by atoms with van der Waals surface area (Å²) in [4.78, 5) is 0. The highest BCUT2D eigenvalue weighted by atomic mass is 32.2. The highest BCUT2D eigenvalue weighted by Crippen LogP contribution is 2.39. The molecule has 0 aliphatic rings. The van der Waals surface area contributed by atoms with Crippen LogP contribution >= 0.6 is 0 Å². The van der Waals surface area contributed by atoms with E-state index in [1.807, 2.05) is 0 Å². The van der Waals surface area contributed by atoms with E-state index in [0.717, 1.165) is 0 Å². The maximum Gasteiger partial charge on any atom is 0.487 e. The maximum atomic E-state index is 12.3. The summed E-state index contributed by atoms with van der Waals surface area (Å²) in [6, 6.07) is 5.14. The molecule has 0 bridgehead atoms. The van der Waals surface area contributed by atoms with Crippen molar-refractivity contribution < 1.29 is 35.3 Å². The van der Waals surface area contributed by atoms with E-state index < -0.39 is 27.3 Å². The Morgan fingerprint density at radius 3 is 1.85 bits per heavy atom. The number of nitrogens with zero attached hydrogens (tertiary/aromatic N) is 1. The van der Waals surface area contributed by atoms with Crippen LogP contribution in [0, 0.1) is 0 Å². The number of ether oxygens (including phenoxy) is 1. The van der Waals surface area contributed by atoms with Crippen LogP contribution in [0.25, 0.3) is 0 Å². The number of benzene rings is 1. The molecule has 0 saturated heterocycles. The van der Waals surface area contributed by atoms with Crippen molar-refractivity contribution in [2.24, 2.45) is 4.36 Å². The van der Waals surface area contributed by atoms with Gasteiger partial charge in [0, 0.05) is 0 Å². The number of methoxy groups -OCH3 is 1. The second-order valence-electron chi connectivity index (χ2n) is 3.55. The zero-order valence-corrected chi connectivity index (χ0v) is 10.8. The number of halogens is 6. The Bertz CT molecular complexity index is 549. The molecule has 10 heteroatoms. The fraction of sp³-hybridized carbons (Fsp3) is 0.400. The molecule has 0 aliphatic carbocycles. The third-order valence-corrected chi connectivity index (χ3v) is 3.96. The molecule has 1 aromatic rings. The first-order valence-electron chi connectivity index (χ1n) is 4.99. The number of hydrogen-bond donors (Lipinski definition) is 0. The van der Waals surface area contributed by atoms with Gasteiger partial charge in [-0.2, -0.15) is 26.3 Å². The van der Waals surface area contributed by atoms with Gasteiger partial charge < -0.3 is 4.74 Å². The SMILES string of the molecule is COc1ccc(CN=S(=O)(C(F)(F)F)C(F)(F)F)cc1. The zero-order valence-electron chi connectivity index (χ0n) is 9.96. The molecule has 114 valence electrons. The molecule has 1 aromatic carbocycles. The van der Waals surface area contributed by atoms with Crippen LogP contribution in [0.15, 0.2) is 28.6 Å². The van der Waals surface area contributed by atoms with Crippen molar-refractivity contribution in [1.29, 1.82) is 0 Å². The molecule has 0 unspecified atom stereocenters. The average Bonchev–Trinajstić information content (AvgIpc) is 2.33. The van der Waals surface area contributed by atoms with Gasteiger partial charge >= 0.3 is 11.0 Å². The van der Waals surface area contributed by atoms with E-state index in [1.54, 1.807) is 0 Å². The quantitative estimate of drug-likeness (QED) is 0.796. The van der Waals surface area contributed by atoms with Gasteiger partial charge in [-0.25, -0.2) is 8.57 Å². The van der Waals surface area contributed by atoms with E-state index in [9.17, 15) is 30.6 Å². The summed E-state index contributed by atoms with van der Waals surface area (Å²) in [5.74, 6) is 0.376. The van der Waals surface area contributed by atoms with Crippen LogP contribution in [0.3, 0.4) is 0 Å². The zero-order chi connectivity index (χ0) is 15.6. The highest BCUT2D eigenvalue weighted by Gasteiger charge is 2.60. The monoisotopic (exact) mass is 321 g/mol. The van der Waals surface area contributed by atoms with Crippen molar-refractivity contribution in [1.82, 2.24) is 0 Å². The minimum absolute atomic E-state index is 0.0482. The minimum atomic E-state index is -6.34. The lowest BCUT2D eigenvalue weighted by atomic mass is 10.2. The van der Waals surface area contributed by atoms with Crippen LogP contribution in [-0.2, 0) is 16.3 Å². The molecule has 0 spiro atoms. The van der Waals surface area contributed by atoms with Gasteiger partial charge in [0.1, 0.15) is 5.75 Å². The standard InChI is InChI=1S/C10H9F6NO2S/c1-19-8-4-2-7(3-5-8)6-17-20(18,9(11,12)13)10(14,15)16/h2-5H,6H2,1H3. The van der Waals surface area contributed by atoms with E-state index in [4.69, 9.17) is 4.74 Å². The van der Waals surface area contributed by atoms with Crippen molar-refractivity contribution in [3.05, 3.63) is 29.8 Å². The Morgan fingerprint density at radius 1 is 1.05 bits per heavy atom. The molecule has 1 rings (SSSR count). The molecule has 0 fully saturated rings. The van der Waals surface area contributed by atoms with Gasteiger partial charge in [0.25, 0.3) is 0 Å². The molecule has 20 heavy (non-hydrogen) atoms. The van der Waals surface area contributed by atoms with Crippen LogP contribution in [0.4, 0.5) is 26.3 Å². The Kier molecular flexibility index (Phi) is 4.57. The Labute approximate surface area is 110 Å². The van der Waals surface area contributed by atoms with Gasteiger partial charge in [-0.1, -0.05) is 12.1 Å². The average molecular weight is 321 g/mol. The fourth-order valence-electron chi connectivity index (χ4n) is 1.17. The lowest BCUT2D eigenvalue weighted by Gasteiger charge is -2.16. The first kappa shape index (κ1) is 16.6. The summed E-state index contributed by atoms with van der Waals surface area (Å²) in [5, 5.41) is 0. The van der Waals surface area contributed by atoms with Crippen LogP contribution in [0.1, 0.15) is 5.56 Å². The molecular weight excluding hydrogens is 312 g/mol. The number of hydrogen-bond acceptors (Lipinski definition) is 3. The molecule has 0 heterocycles. The Hall–Kier alpha value is -1.45. The molecular formula is C10H9F6NO2S. The Balaban J connectivity index is 3.14. The highest BCUT2D eigenvalue weighted by molar-refractivity contribution is 7.95. The van der Waals surface area contributed by atoms with E-state index in [-0.39, 0.29) is 5.56 Å². The van der Waals surface area contributed by atoms with Crippen LogP contribution in [-0.4, -0.2) is 22.3 Å². The Morgan fingerprint density at radius 2 is 1.50 bits per heavy atom. The van der Waals surface area contributed by atoms with Crippen LogP contribution < -0.4 is 4.74 Å². The van der Waals surface area contributed by atoms with Crippen molar-refractivity contribution in [3.8, 4) is 5.75 Å². The maximum absolute atomic E-state index is 12.3. The molecule has 0 aromatic heterocycles. The van der Waals surface area contributed by atoms with Gasteiger partial charge in [-0.15, -0.1) is 0 Å². The molecule has 0 radical (unpaired) electrons. The number of alkyl halides is 6. The van der Waals surface area contributed by atoms with E-state index in [1.165, 1.54) is 31.4 Å². The van der Waals surface area contributed by atoms with Crippen molar-refractivity contribution in [3.63, 3.8) is 0 Å². The first-order valence-corrected chi connectivity index (χ1v) is 6.51. The van der Waals surface area contributed by atoms with E-state index >= 15 is 0 Å². The number of rotatable bonds is 3. The van der Waals surface area contributed by atoms with Crippen LogP contribution in [0.5, 0.6) is 5.75 Å². The normalized spacial score (nSPS) is 13.2. The molecule has 0 N–H and O–H groups in total. The van der Waals surface area contributed by atoms with Gasteiger partial charge in [0.05, 0.1) is 13.7 Å². The molecule has 0 atom stereocenters. The minimum Gasteiger partial charge on any atom is -0.497 e. The smallest absolute Gasteiger partial charge is 0.487 e. The van der Waals surface area contributed by atoms with Gasteiger partial charge in [0.15, 0.2) is 0 Å². The van der Waals surface area contributed by atoms with E-state index in [2.05, 4.69) is 4.36 Å². The summed E-state index contributed by atoms with van der Waals surface area (Å²) in [6.45, 7) is -0.970. The fourth-order valence-corrected chi connectivity index (χ4v) is 2.06. The van der Waals surface area contributed by atoms with Crippen molar-refractivity contribution in [2.75, 3.05) is 7.11 Å². The molecule has 0 saturated carbocycles. The van der Waals surface area contributed by atoms with Crippen molar-refractivity contribution in [2.45, 2.75) is 17.6 Å². The summed E-state index contributed by atoms with van der Waals surface area (Å²) in [5.41, 5.74) is -11.9. The second-order valence-corrected chi connectivity index (χ2v) is 5.79. The van der Waals surface area contributed by atoms with Gasteiger partial charge in [-0.3, -0.25) is 0 Å². The predicted octanol–water partition coefficient (Wildman–Crippen LogP) is 3.70.